The first kappa shape index (κ1) is 9.17. The van der Waals surface area contributed by atoms with Crippen molar-refractivity contribution in [1.82, 2.24) is 5.32 Å². The van der Waals surface area contributed by atoms with Gasteiger partial charge < -0.3 is 10.1 Å². The molecule has 0 amide bonds. The van der Waals surface area contributed by atoms with E-state index in [1.165, 1.54) is 32.2 Å². The Hall–Kier alpha value is -0.0800. The van der Waals surface area contributed by atoms with Crippen LogP contribution in [0, 0.1) is 17.8 Å². The molecule has 3 aliphatic rings. The molecule has 2 aliphatic carbocycles. The van der Waals surface area contributed by atoms with Gasteiger partial charge in [-0.1, -0.05) is 6.92 Å². The molecule has 1 heterocycles. The van der Waals surface area contributed by atoms with Crippen molar-refractivity contribution < 1.29 is 4.74 Å². The molecule has 14 heavy (non-hydrogen) atoms. The Kier molecular flexibility index (Phi) is 2.29. The standard InChI is InChI=1S/C12H21NO/c1-8-5-9(8)7-13-11-6-12-10(11)3-2-4-14-12/h8-13H,2-7H2,1H3. The highest BCUT2D eigenvalue weighted by molar-refractivity contribution is 4.98. The molecule has 5 atom stereocenters. The van der Waals surface area contributed by atoms with Crippen LogP contribution < -0.4 is 5.32 Å². The van der Waals surface area contributed by atoms with Gasteiger partial charge in [0.15, 0.2) is 0 Å². The molecule has 1 saturated heterocycles. The molecule has 2 heteroatoms. The maximum atomic E-state index is 5.71. The molecule has 0 aromatic heterocycles. The fourth-order valence-corrected chi connectivity index (χ4v) is 3.02. The van der Waals surface area contributed by atoms with E-state index in [0.29, 0.717) is 6.10 Å². The zero-order valence-corrected chi connectivity index (χ0v) is 9.04. The lowest BCUT2D eigenvalue weighted by Gasteiger charge is -2.47. The van der Waals surface area contributed by atoms with Crippen LogP contribution in [0.15, 0.2) is 0 Å². The van der Waals surface area contributed by atoms with Crippen LogP contribution in [0.5, 0.6) is 0 Å². The number of ether oxygens (including phenoxy) is 1. The smallest absolute Gasteiger partial charge is 0.0633 e. The fourth-order valence-electron chi connectivity index (χ4n) is 3.02. The van der Waals surface area contributed by atoms with Crippen molar-refractivity contribution in [3.63, 3.8) is 0 Å². The summed E-state index contributed by atoms with van der Waals surface area (Å²) in [4.78, 5) is 0. The second kappa shape index (κ2) is 3.49. The molecule has 0 aromatic rings. The van der Waals surface area contributed by atoms with Gasteiger partial charge in [-0.15, -0.1) is 0 Å². The molecule has 0 bridgehead atoms. The van der Waals surface area contributed by atoms with Crippen LogP contribution in [0.4, 0.5) is 0 Å². The zero-order valence-electron chi connectivity index (χ0n) is 9.04. The average molecular weight is 195 g/mol. The van der Waals surface area contributed by atoms with Gasteiger partial charge in [0.05, 0.1) is 6.10 Å². The highest BCUT2D eigenvalue weighted by Gasteiger charge is 2.44. The molecule has 1 N–H and O–H groups in total. The first-order valence-corrected chi connectivity index (χ1v) is 6.19. The molecule has 0 radical (unpaired) electrons. The predicted molar refractivity (Wildman–Crippen MR) is 56.1 cm³/mol. The van der Waals surface area contributed by atoms with Gasteiger partial charge in [0.2, 0.25) is 0 Å². The van der Waals surface area contributed by atoms with Gasteiger partial charge >= 0.3 is 0 Å². The van der Waals surface area contributed by atoms with E-state index in [0.717, 1.165) is 30.4 Å². The highest BCUT2D eigenvalue weighted by Crippen LogP contribution is 2.40. The molecular formula is C12H21NO. The van der Waals surface area contributed by atoms with Gasteiger partial charge in [-0.3, -0.25) is 0 Å². The minimum atomic E-state index is 0.609. The quantitative estimate of drug-likeness (QED) is 0.741. The summed E-state index contributed by atoms with van der Waals surface area (Å²) in [5.74, 6) is 2.82. The van der Waals surface area contributed by atoms with Crippen LogP contribution in [0.2, 0.25) is 0 Å². The second-order valence-electron chi connectivity index (χ2n) is 5.44. The molecule has 3 fully saturated rings. The van der Waals surface area contributed by atoms with Crippen LogP contribution in [0.3, 0.4) is 0 Å². The second-order valence-corrected chi connectivity index (χ2v) is 5.44. The zero-order chi connectivity index (χ0) is 9.54. The number of hydrogen-bond donors (Lipinski definition) is 1. The third-order valence-corrected chi connectivity index (χ3v) is 4.41. The largest absolute Gasteiger partial charge is 0.378 e. The average Bonchev–Trinajstić information content (AvgIpc) is 2.84. The van der Waals surface area contributed by atoms with E-state index >= 15 is 0 Å². The van der Waals surface area contributed by atoms with Gasteiger partial charge in [0, 0.05) is 18.6 Å². The molecule has 80 valence electrons. The van der Waals surface area contributed by atoms with E-state index in [1.807, 2.05) is 0 Å². The van der Waals surface area contributed by atoms with E-state index < -0.39 is 0 Å². The summed E-state index contributed by atoms with van der Waals surface area (Å²) >= 11 is 0. The van der Waals surface area contributed by atoms with Crippen molar-refractivity contribution in [2.75, 3.05) is 13.2 Å². The SMILES string of the molecule is CC1CC1CNC1CC2OCCCC12. The third-order valence-electron chi connectivity index (χ3n) is 4.41. The summed E-state index contributed by atoms with van der Waals surface area (Å²) in [6.07, 6.45) is 6.00. The summed E-state index contributed by atoms with van der Waals surface area (Å²) in [6.45, 7) is 4.63. The van der Waals surface area contributed by atoms with Crippen LogP contribution >= 0.6 is 0 Å². The minimum Gasteiger partial charge on any atom is -0.378 e. The van der Waals surface area contributed by atoms with Crippen molar-refractivity contribution in [1.29, 1.82) is 0 Å². The number of hydrogen-bond acceptors (Lipinski definition) is 2. The number of nitrogens with one attached hydrogen (secondary N) is 1. The predicted octanol–water partition coefficient (Wildman–Crippen LogP) is 1.80. The first-order valence-electron chi connectivity index (χ1n) is 6.19. The summed E-state index contributed by atoms with van der Waals surface area (Å²) < 4.78 is 5.71. The Balaban J connectivity index is 1.42. The van der Waals surface area contributed by atoms with Gasteiger partial charge in [0.1, 0.15) is 0 Å². The maximum absolute atomic E-state index is 5.71. The number of fused-ring (bicyclic) bond motifs is 1. The van der Waals surface area contributed by atoms with E-state index in [1.54, 1.807) is 0 Å². The maximum Gasteiger partial charge on any atom is 0.0633 e. The monoisotopic (exact) mass is 195 g/mol. The van der Waals surface area contributed by atoms with E-state index in [2.05, 4.69) is 12.2 Å². The number of rotatable bonds is 3. The molecule has 3 rings (SSSR count). The lowest BCUT2D eigenvalue weighted by atomic mass is 9.72. The molecular weight excluding hydrogens is 174 g/mol. The molecule has 0 aromatic carbocycles. The lowest BCUT2D eigenvalue weighted by Crippen LogP contribution is -2.56. The van der Waals surface area contributed by atoms with Gasteiger partial charge in [-0.25, -0.2) is 0 Å². The molecule has 5 unspecified atom stereocenters. The minimum absolute atomic E-state index is 0.609. The van der Waals surface area contributed by atoms with Crippen LogP contribution in [-0.4, -0.2) is 25.3 Å². The van der Waals surface area contributed by atoms with Crippen molar-refractivity contribution >= 4 is 0 Å². The van der Waals surface area contributed by atoms with E-state index in [9.17, 15) is 0 Å². The van der Waals surface area contributed by atoms with Gasteiger partial charge in [-0.2, -0.15) is 0 Å². The topological polar surface area (TPSA) is 21.3 Å². The van der Waals surface area contributed by atoms with Crippen molar-refractivity contribution in [3.05, 3.63) is 0 Å². The summed E-state index contributed by atoms with van der Waals surface area (Å²) in [6, 6.07) is 0.785. The molecule has 2 nitrogen and oxygen atoms in total. The Morgan fingerprint density at radius 3 is 2.93 bits per heavy atom. The van der Waals surface area contributed by atoms with E-state index in [4.69, 9.17) is 4.74 Å². The van der Waals surface area contributed by atoms with Gasteiger partial charge in [-0.05, 0) is 44.1 Å². The Labute approximate surface area is 86.4 Å². The van der Waals surface area contributed by atoms with Crippen LogP contribution in [-0.2, 0) is 4.74 Å². The van der Waals surface area contributed by atoms with Gasteiger partial charge in [0.25, 0.3) is 0 Å². The van der Waals surface area contributed by atoms with Crippen molar-refractivity contribution in [3.8, 4) is 0 Å². The lowest BCUT2D eigenvalue weighted by molar-refractivity contribution is -0.103. The first-order chi connectivity index (χ1) is 6.84. The summed E-state index contributed by atoms with van der Waals surface area (Å²) in [5.41, 5.74) is 0. The molecule has 0 spiro atoms. The third kappa shape index (κ3) is 1.59. The Bertz CT molecular complexity index is 218. The Morgan fingerprint density at radius 2 is 2.21 bits per heavy atom. The summed E-state index contributed by atoms with van der Waals surface area (Å²) in [7, 11) is 0. The van der Waals surface area contributed by atoms with Crippen molar-refractivity contribution in [2.24, 2.45) is 17.8 Å². The van der Waals surface area contributed by atoms with Crippen LogP contribution in [0.1, 0.15) is 32.6 Å². The normalized spacial score (nSPS) is 50.8. The summed E-state index contributed by atoms with van der Waals surface area (Å²) in [5, 5.41) is 3.73. The highest BCUT2D eigenvalue weighted by atomic mass is 16.5. The fraction of sp³-hybridized carbons (Fsp3) is 1.00. The van der Waals surface area contributed by atoms with E-state index in [-0.39, 0.29) is 0 Å². The molecule has 2 saturated carbocycles. The molecule has 1 aliphatic heterocycles. The van der Waals surface area contributed by atoms with Crippen LogP contribution in [0.25, 0.3) is 0 Å². The Morgan fingerprint density at radius 1 is 1.36 bits per heavy atom. The van der Waals surface area contributed by atoms with Crippen molar-refractivity contribution in [2.45, 2.75) is 44.8 Å².